The number of hydrogen-bond acceptors (Lipinski definition) is 6. The van der Waals surface area contributed by atoms with Crippen molar-refractivity contribution in [2.75, 3.05) is 25.4 Å². The van der Waals surface area contributed by atoms with Gasteiger partial charge in [0, 0.05) is 11.1 Å². The van der Waals surface area contributed by atoms with E-state index in [1.54, 1.807) is 6.92 Å². The van der Waals surface area contributed by atoms with Gasteiger partial charge in [-0.2, -0.15) is 11.8 Å². The van der Waals surface area contributed by atoms with E-state index in [9.17, 15) is 4.79 Å². The van der Waals surface area contributed by atoms with E-state index >= 15 is 0 Å². The second kappa shape index (κ2) is 6.37. The van der Waals surface area contributed by atoms with Gasteiger partial charge in [-0.05, 0) is 31.7 Å². The molecule has 0 radical (unpaired) electrons. The third kappa shape index (κ3) is 3.69. The van der Waals surface area contributed by atoms with E-state index in [0.29, 0.717) is 11.6 Å². The van der Waals surface area contributed by atoms with E-state index in [2.05, 4.69) is 10.3 Å². The molecule has 0 spiro atoms. The molecule has 2 rings (SSSR count). The first-order valence-corrected chi connectivity index (χ1v) is 7.73. The Morgan fingerprint density at radius 1 is 1.71 bits per heavy atom. The molecule has 1 aliphatic rings. The number of aromatic nitrogens is 1. The normalized spacial score (nSPS) is 15.6. The van der Waals surface area contributed by atoms with Gasteiger partial charge in [0.1, 0.15) is 0 Å². The van der Waals surface area contributed by atoms with Gasteiger partial charge < -0.3 is 10.1 Å². The Morgan fingerprint density at radius 2 is 2.53 bits per heavy atom. The number of rotatable bonds is 6. The molecule has 1 aliphatic heterocycles. The molecule has 0 saturated carbocycles. The zero-order valence-electron chi connectivity index (χ0n) is 9.77. The highest BCUT2D eigenvalue weighted by atomic mass is 32.2. The van der Waals surface area contributed by atoms with Crippen LogP contribution in [0.1, 0.15) is 22.4 Å². The summed E-state index contributed by atoms with van der Waals surface area (Å²) >= 11 is 3.25. The quantitative estimate of drug-likeness (QED) is 0.800. The minimum atomic E-state index is -0.308. The van der Waals surface area contributed by atoms with Crippen LogP contribution in [0, 0.1) is 5.92 Å². The molecule has 2 heterocycles. The molecular weight excluding hydrogens is 256 g/mol. The maximum absolute atomic E-state index is 11.4. The third-order valence-corrected chi connectivity index (χ3v) is 4.55. The molecule has 1 saturated heterocycles. The number of esters is 1. The molecule has 0 aliphatic carbocycles. The molecule has 0 bridgehead atoms. The number of nitrogens with zero attached hydrogens (tertiary/aromatic N) is 1. The van der Waals surface area contributed by atoms with Gasteiger partial charge in [0.05, 0.1) is 12.3 Å². The van der Waals surface area contributed by atoms with Crippen LogP contribution in [0.3, 0.4) is 0 Å². The molecule has 0 unspecified atom stereocenters. The Bertz CT molecular complexity index is 377. The van der Waals surface area contributed by atoms with Crippen molar-refractivity contribution in [1.82, 2.24) is 10.3 Å². The van der Waals surface area contributed by atoms with Crippen LogP contribution in [-0.2, 0) is 10.5 Å². The van der Waals surface area contributed by atoms with Gasteiger partial charge in [-0.25, -0.2) is 9.78 Å². The molecule has 1 aromatic heterocycles. The topological polar surface area (TPSA) is 51.2 Å². The minimum absolute atomic E-state index is 0.308. The van der Waals surface area contributed by atoms with Crippen molar-refractivity contribution in [3.63, 3.8) is 0 Å². The van der Waals surface area contributed by atoms with Gasteiger partial charge in [-0.1, -0.05) is 0 Å². The molecule has 1 N–H and O–H groups in total. The Balaban J connectivity index is 1.75. The van der Waals surface area contributed by atoms with Crippen LogP contribution in [0.4, 0.5) is 0 Å². The van der Waals surface area contributed by atoms with Gasteiger partial charge in [0.15, 0.2) is 0 Å². The zero-order chi connectivity index (χ0) is 12.1. The highest BCUT2D eigenvalue weighted by Crippen LogP contribution is 2.19. The van der Waals surface area contributed by atoms with Crippen LogP contribution in [-0.4, -0.2) is 36.4 Å². The molecule has 0 amide bonds. The summed E-state index contributed by atoms with van der Waals surface area (Å²) in [6.07, 6.45) is 0. The van der Waals surface area contributed by atoms with Crippen molar-refractivity contribution in [2.45, 2.75) is 12.7 Å². The summed E-state index contributed by atoms with van der Waals surface area (Å²) in [5.41, 5.74) is 0.982. The fraction of sp³-hybridized carbons (Fsp3) is 0.636. The summed E-state index contributed by atoms with van der Waals surface area (Å²) < 4.78 is 4.90. The lowest BCUT2D eigenvalue weighted by Crippen LogP contribution is -2.43. The molecule has 1 fully saturated rings. The summed E-state index contributed by atoms with van der Waals surface area (Å²) in [6, 6.07) is 0. The molecule has 94 valence electrons. The second-order valence-corrected chi connectivity index (χ2v) is 5.79. The molecular formula is C11H16N2O2S2. The van der Waals surface area contributed by atoms with E-state index in [1.165, 1.54) is 17.1 Å². The number of ether oxygens (including phenoxy) is 1. The van der Waals surface area contributed by atoms with Gasteiger partial charge in [-0.15, -0.1) is 11.3 Å². The number of carbonyl (C=O) groups is 1. The predicted octanol–water partition coefficient (Wildman–Crippen LogP) is 1.77. The smallest absolute Gasteiger partial charge is 0.367 e. The Labute approximate surface area is 109 Å². The largest absolute Gasteiger partial charge is 0.461 e. The van der Waals surface area contributed by atoms with Gasteiger partial charge in [0.2, 0.25) is 5.01 Å². The van der Waals surface area contributed by atoms with Crippen molar-refractivity contribution in [3.8, 4) is 0 Å². The first-order chi connectivity index (χ1) is 8.29. The minimum Gasteiger partial charge on any atom is -0.461 e. The molecule has 0 atom stereocenters. The summed E-state index contributed by atoms with van der Waals surface area (Å²) in [7, 11) is 0. The molecule has 6 heteroatoms. The van der Waals surface area contributed by atoms with Crippen molar-refractivity contribution >= 4 is 29.1 Å². The lowest BCUT2D eigenvalue weighted by Gasteiger charge is -2.26. The SMILES string of the molecule is CCOC(=O)c1nc(CSCC2CNC2)cs1. The van der Waals surface area contributed by atoms with Crippen LogP contribution >= 0.6 is 23.1 Å². The fourth-order valence-corrected chi connectivity index (χ4v) is 3.31. The van der Waals surface area contributed by atoms with Gasteiger partial charge in [0.25, 0.3) is 0 Å². The Kier molecular flexibility index (Phi) is 4.82. The maximum atomic E-state index is 11.4. The fourth-order valence-electron chi connectivity index (χ4n) is 1.46. The van der Waals surface area contributed by atoms with Crippen LogP contribution < -0.4 is 5.32 Å². The van der Waals surface area contributed by atoms with Gasteiger partial charge in [-0.3, -0.25) is 0 Å². The van der Waals surface area contributed by atoms with E-state index in [1.807, 2.05) is 17.1 Å². The third-order valence-electron chi connectivity index (χ3n) is 2.47. The lowest BCUT2D eigenvalue weighted by atomic mass is 10.1. The van der Waals surface area contributed by atoms with E-state index in [4.69, 9.17) is 4.74 Å². The summed E-state index contributed by atoms with van der Waals surface area (Å²) in [4.78, 5) is 15.7. The summed E-state index contributed by atoms with van der Waals surface area (Å²) in [6.45, 7) is 4.47. The van der Waals surface area contributed by atoms with E-state index in [-0.39, 0.29) is 5.97 Å². The molecule has 1 aromatic rings. The second-order valence-electron chi connectivity index (χ2n) is 3.90. The average molecular weight is 272 g/mol. The number of carbonyl (C=O) groups excluding carboxylic acids is 1. The maximum Gasteiger partial charge on any atom is 0.367 e. The number of thiazole rings is 1. The van der Waals surface area contributed by atoms with Crippen molar-refractivity contribution < 1.29 is 9.53 Å². The average Bonchev–Trinajstić information content (AvgIpc) is 2.71. The van der Waals surface area contributed by atoms with Crippen molar-refractivity contribution in [1.29, 1.82) is 0 Å². The van der Waals surface area contributed by atoms with Gasteiger partial charge >= 0.3 is 5.97 Å². The summed E-state index contributed by atoms with van der Waals surface area (Å²) in [5, 5.41) is 5.66. The number of nitrogens with one attached hydrogen (secondary N) is 1. The first-order valence-electron chi connectivity index (χ1n) is 5.69. The Morgan fingerprint density at radius 3 is 3.18 bits per heavy atom. The monoisotopic (exact) mass is 272 g/mol. The molecule has 0 aromatic carbocycles. The highest BCUT2D eigenvalue weighted by molar-refractivity contribution is 7.98. The standard InChI is InChI=1S/C11H16N2O2S2/c1-2-15-11(14)10-13-9(7-17-10)6-16-5-8-3-12-4-8/h7-8,12H,2-6H2,1H3. The predicted molar refractivity (Wildman–Crippen MR) is 70.6 cm³/mol. The number of hydrogen-bond donors (Lipinski definition) is 1. The van der Waals surface area contributed by atoms with Crippen molar-refractivity contribution in [3.05, 3.63) is 16.1 Å². The first kappa shape index (κ1) is 12.9. The molecule has 17 heavy (non-hydrogen) atoms. The van der Waals surface area contributed by atoms with Crippen LogP contribution in [0.2, 0.25) is 0 Å². The van der Waals surface area contributed by atoms with Crippen LogP contribution in [0.5, 0.6) is 0 Å². The van der Waals surface area contributed by atoms with E-state index in [0.717, 1.165) is 30.5 Å². The van der Waals surface area contributed by atoms with Crippen molar-refractivity contribution in [2.24, 2.45) is 5.92 Å². The highest BCUT2D eigenvalue weighted by Gasteiger charge is 2.17. The van der Waals surface area contributed by atoms with Crippen LogP contribution in [0.15, 0.2) is 5.38 Å². The number of thioether (sulfide) groups is 1. The van der Waals surface area contributed by atoms with E-state index < -0.39 is 0 Å². The van der Waals surface area contributed by atoms with Crippen LogP contribution in [0.25, 0.3) is 0 Å². The Hall–Kier alpha value is -0.590. The molecule has 4 nitrogen and oxygen atoms in total. The summed E-state index contributed by atoms with van der Waals surface area (Å²) in [5.74, 6) is 2.55. The lowest BCUT2D eigenvalue weighted by molar-refractivity contribution is 0.0525. The zero-order valence-corrected chi connectivity index (χ0v) is 11.4.